The molecule has 0 aliphatic carbocycles. The van der Waals surface area contributed by atoms with Gasteiger partial charge in [0.15, 0.2) is 0 Å². The van der Waals surface area contributed by atoms with Crippen LogP contribution in [0.1, 0.15) is 56.6 Å². The van der Waals surface area contributed by atoms with Crippen LogP contribution in [0.5, 0.6) is 0 Å². The molecule has 1 N–H and O–H groups in total. The SMILES string of the molecule is C=C/C(=C\C=C\CNCc1ccc(CCCCCC)cc1)CCC(=O)OC. The second-order valence-corrected chi connectivity index (χ2v) is 6.71. The van der Waals surface area contributed by atoms with Crippen molar-refractivity contribution in [3.05, 3.63) is 71.8 Å². The maximum atomic E-state index is 11.2. The van der Waals surface area contributed by atoms with Crippen LogP contribution in [0.25, 0.3) is 0 Å². The highest BCUT2D eigenvalue weighted by molar-refractivity contribution is 5.69. The van der Waals surface area contributed by atoms with E-state index in [2.05, 4.69) is 53.9 Å². The fraction of sp³-hybridized carbons (Fsp3) is 0.458. The second-order valence-electron chi connectivity index (χ2n) is 6.71. The lowest BCUT2D eigenvalue weighted by Gasteiger charge is -2.05. The van der Waals surface area contributed by atoms with Crippen LogP contribution in [0.3, 0.4) is 0 Å². The number of allylic oxidation sites excluding steroid dienone is 4. The number of nitrogens with one attached hydrogen (secondary N) is 1. The Morgan fingerprint density at radius 3 is 2.52 bits per heavy atom. The van der Waals surface area contributed by atoms with Gasteiger partial charge in [0.1, 0.15) is 0 Å². The Labute approximate surface area is 165 Å². The van der Waals surface area contributed by atoms with Gasteiger partial charge in [-0.15, -0.1) is 0 Å². The molecule has 1 rings (SSSR count). The molecule has 0 heterocycles. The highest BCUT2D eigenvalue weighted by atomic mass is 16.5. The smallest absolute Gasteiger partial charge is 0.305 e. The van der Waals surface area contributed by atoms with Gasteiger partial charge >= 0.3 is 5.97 Å². The van der Waals surface area contributed by atoms with Gasteiger partial charge in [-0.3, -0.25) is 4.79 Å². The Hall–Kier alpha value is -2.13. The minimum absolute atomic E-state index is 0.194. The van der Waals surface area contributed by atoms with E-state index in [-0.39, 0.29) is 5.97 Å². The van der Waals surface area contributed by atoms with E-state index in [1.807, 2.05) is 12.2 Å². The van der Waals surface area contributed by atoms with Gasteiger partial charge in [0, 0.05) is 19.5 Å². The van der Waals surface area contributed by atoms with Gasteiger partial charge in [-0.1, -0.05) is 81.3 Å². The fourth-order valence-electron chi connectivity index (χ4n) is 2.74. The third kappa shape index (κ3) is 11.2. The molecule has 0 spiro atoms. The fourth-order valence-corrected chi connectivity index (χ4v) is 2.74. The molecule has 27 heavy (non-hydrogen) atoms. The van der Waals surface area contributed by atoms with E-state index in [9.17, 15) is 4.79 Å². The van der Waals surface area contributed by atoms with Crippen molar-refractivity contribution in [3.63, 3.8) is 0 Å². The topological polar surface area (TPSA) is 38.3 Å². The number of hydrogen-bond donors (Lipinski definition) is 1. The second kappa shape index (κ2) is 15.0. The van der Waals surface area contributed by atoms with Crippen LogP contribution in [-0.2, 0) is 22.5 Å². The first-order chi connectivity index (χ1) is 13.2. The van der Waals surface area contributed by atoms with Crippen molar-refractivity contribution in [2.45, 2.75) is 58.4 Å². The molecule has 1 aromatic rings. The molecule has 3 heteroatoms. The molecule has 0 atom stereocenters. The highest BCUT2D eigenvalue weighted by Crippen LogP contribution is 2.10. The third-order valence-electron chi connectivity index (χ3n) is 4.49. The van der Waals surface area contributed by atoms with E-state index in [0.29, 0.717) is 12.8 Å². The van der Waals surface area contributed by atoms with Gasteiger partial charge in [-0.25, -0.2) is 0 Å². The van der Waals surface area contributed by atoms with E-state index >= 15 is 0 Å². The maximum absolute atomic E-state index is 11.2. The van der Waals surface area contributed by atoms with E-state index in [4.69, 9.17) is 0 Å². The summed E-state index contributed by atoms with van der Waals surface area (Å²) in [5.74, 6) is -0.194. The maximum Gasteiger partial charge on any atom is 0.305 e. The first-order valence-electron chi connectivity index (χ1n) is 10.0. The first kappa shape index (κ1) is 22.9. The average molecular weight is 370 g/mol. The van der Waals surface area contributed by atoms with Crippen LogP contribution in [0.2, 0.25) is 0 Å². The molecule has 0 bridgehead atoms. The third-order valence-corrected chi connectivity index (χ3v) is 4.49. The molecule has 3 nitrogen and oxygen atoms in total. The molecule has 1 aromatic carbocycles. The first-order valence-corrected chi connectivity index (χ1v) is 10.0. The summed E-state index contributed by atoms with van der Waals surface area (Å²) in [6, 6.07) is 8.93. The van der Waals surface area contributed by atoms with Crippen LogP contribution in [0.4, 0.5) is 0 Å². The van der Waals surface area contributed by atoms with Gasteiger partial charge in [0.05, 0.1) is 7.11 Å². The van der Waals surface area contributed by atoms with Gasteiger partial charge in [0.25, 0.3) is 0 Å². The number of carbonyl (C=O) groups excluding carboxylic acids is 1. The number of carbonyl (C=O) groups is 1. The molecule has 0 aromatic heterocycles. The molecule has 0 aliphatic rings. The molecule has 0 saturated heterocycles. The van der Waals surface area contributed by atoms with Crippen LogP contribution >= 0.6 is 0 Å². The van der Waals surface area contributed by atoms with Crippen molar-refractivity contribution in [2.24, 2.45) is 0 Å². The van der Waals surface area contributed by atoms with Gasteiger partial charge in [-0.05, 0) is 36.0 Å². The summed E-state index contributed by atoms with van der Waals surface area (Å²) in [5, 5.41) is 3.42. The molecule has 0 amide bonds. The summed E-state index contributed by atoms with van der Waals surface area (Å²) in [6.07, 6.45) is 15.3. The number of methoxy groups -OCH3 is 1. The van der Waals surface area contributed by atoms with E-state index < -0.39 is 0 Å². The monoisotopic (exact) mass is 369 g/mol. The number of aryl methyl sites for hydroxylation is 1. The lowest BCUT2D eigenvalue weighted by molar-refractivity contribution is -0.140. The number of ether oxygens (including phenoxy) is 1. The van der Waals surface area contributed by atoms with Crippen molar-refractivity contribution in [3.8, 4) is 0 Å². The number of esters is 1. The summed E-state index contributed by atoms with van der Waals surface area (Å²) >= 11 is 0. The normalized spacial score (nSPS) is 11.7. The van der Waals surface area contributed by atoms with Crippen LogP contribution < -0.4 is 5.32 Å². The summed E-state index contributed by atoms with van der Waals surface area (Å²) < 4.78 is 4.65. The van der Waals surface area contributed by atoms with E-state index in [1.54, 1.807) is 6.08 Å². The Morgan fingerprint density at radius 1 is 1.11 bits per heavy atom. The van der Waals surface area contributed by atoms with Gasteiger partial charge in [-0.2, -0.15) is 0 Å². The van der Waals surface area contributed by atoms with Crippen LogP contribution in [0, 0.1) is 0 Å². The number of benzene rings is 1. The lowest BCUT2D eigenvalue weighted by Crippen LogP contribution is -2.12. The summed E-state index contributed by atoms with van der Waals surface area (Å²) in [6.45, 7) is 7.70. The molecular formula is C24H35NO2. The van der Waals surface area contributed by atoms with Crippen molar-refractivity contribution in [1.29, 1.82) is 0 Å². The zero-order valence-corrected chi connectivity index (χ0v) is 17.0. The van der Waals surface area contributed by atoms with E-state index in [1.165, 1.54) is 50.3 Å². The highest BCUT2D eigenvalue weighted by Gasteiger charge is 2.00. The Morgan fingerprint density at radius 2 is 1.85 bits per heavy atom. The molecule has 0 aliphatic heterocycles. The Bertz CT molecular complexity index is 599. The van der Waals surface area contributed by atoms with Crippen molar-refractivity contribution in [1.82, 2.24) is 5.32 Å². The van der Waals surface area contributed by atoms with Gasteiger partial charge < -0.3 is 10.1 Å². The zero-order chi connectivity index (χ0) is 19.7. The van der Waals surface area contributed by atoms with Crippen LogP contribution in [0.15, 0.2) is 60.7 Å². The summed E-state index contributed by atoms with van der Waals surface area (Å²) in [5.41, 5.74) is 3.77. The molecule has 148 valence electrons. The Kier molecular flexibility index (Phi) is 12.7. The summed E-state index contributed by atoms with van der Waals surface area (Å²) in [7, 11) is 1.41. The largest absolute Gasteiger partial charge is 0.469 e. The van der Waals surface area contributed by atoms with Crippen molar-refractivity contribution < 1.29 is 9.53 Å². The molecule has 0 saturated carbocycles. The Balaban J connectivity index is 2.26. The summed E-state index contributed by atoms with van der Waals surface area (Å²) in [4.78, 5) is 11.2. The van der Waals surface area contributed by atoms with Crippen molar-refractivity contribution >= 4 is 5.97 Å². The molecular weight excluding hydrogens is 334 g/mol. The minimum Gasteiger partial charge on any atom is -0.469 e. The van der Waals surface area contributed by atoms with Crippen LogP contribution in [-0.4, -0.2) is 19.6 Å². The number of rotatable bonds is 14. The van der Waals surface area contributed by atoms with E-state index in [0.717, 1.165) is 18.7 Å². The number of hydrogen-bond acceptors (Lipinski definition) is 3. The molecule has 0 radical (unpaired) electrons. The average Bonchev–Trinajstić information content (AvgIpc) is 2.70. The quantitative estimate of drug-likeness (QED) is 0.266. The standard InChI is InChI=1S/C24H35NO2/c1-4-6-7-8-12-22-13-15-23(16-14-22)20-25-19-10-9-11-21(5-2)17-18-24(26)27-3/h5,9-11,13-16,25H,2,4,6-8,12,17-20H2,1,3H3/b10-9+,21-11+. The minimum atomic E-state index is -0.194. The van der Waals surface area contributed by atoms with Crippen molar-refractivity contribution in [2.75, 3.05) is 13.7 Å². The molecule has 0 unspecified atom stereocenters. The van der Waals surface area contributed by atoms with Gasteiger partial charge in [0.2, 0.25) is 0 Å². The number of unbranched alkanes of at least 4 members (excludes halogenated alkanes) is 3. The predicted octanol–water partition coefficient (Wildman–Crippen LogP) is 5.52. The zero-order valence-electron chi connectivity index (χ0n) is 17.0. The predicted molar refractivity (Wildman–Crippen MR) is 115 cm³/mol. The molecule has 0 fully saturated rings. The lowest BCUT2D eigenvalue weighted by atomic mass is 10.0.